The Morgan fingerprint density at radius 2 is 1.67 bits per heavy atom. The van der Waals surface area contributed by atoms with Crippen molar-refractivity contribution in [1.29, 1.82) is 0 Å². The number of benzene rings is 1. The van der Waals surface area contributed by atoms with E-state index in [1.807, 2.05) is 4.90 Å². The van der Waals surface area contributed by atoms with Gasteiger partial charge in [0.25, 0.3) is 5.91 Å². The van der Waals surface area contributed by atoms with Crippen molar-refractivity contribution in [2.75, 3.05) is 26.2 Å². The molecule has 2 N–H and O–H groups in total. The summed E-state index contributed by atoms with van der Waals surface area (Å²) < 4.78 is 13.5. The number of carbonyl (C=O) groups is 2. The number of hydrogen-bond acceptors (Lipinski definition) is 2. The lowest BCUT2D eigenvalue weighted by atomic mass is 9.86. The van der Waals surface area contributed by atoms with Gasteiger partial charge in [-0.05, 0) is 36.8 Å². The molecular weight excluding hydrogens is 309 g/mol. The second-order valence-corrected chi connectivity index (χ2v) is 6.34. The fourth-order valence-corrected chi connectivity index (χ4v) is 3.38. The lowest BCUT2D eigenvalue weighted by molar-refractivity contribution is 0.0949. The van der Waals surface area contributed by atoms with Crippen LogP contribution < -0.4 is 10.6 Å². The van der Waals surface area contributed by atoms with Crippen molar-refractivity contribution in [3.8, 4) is 0 Å². The van der Waals surface area contributed by atoms with Crippen LogP contribution in [-0.2, 0) is 0 Å². The van der Waals surface area contributed by atoms with Crippen LogP contribution in [-0.4, -0.2) is 43.0 Å². The number of nitrogens with one attached hydrogen (secondary N) is 2. The number of carbonyl (C=O) groups excluding carboxylic acids is 2. The van der Waals surface area contributed by atoms with Gasteiger partial charge >= 0.3 is 6.03 Å². The zero-order chi connectivity index (χ0) is 16.9. The third-order valence-electron chi connectivity index (χ3n) is 4.71. The summed E-state index contributed by atoms with van der Waals surface area (Å²) in [5, 5.41) is 5.43. The van der Waals surface area contributed by atoms with Gasteiger partial charge in [0, 0.05) is 26.2 Å². The van der Waals surface area contributed by atoms with Crippen molar-refractivity contribution in [3.63, 3.8) is 0 Å². The Kier molecular flexibility index (Phi) is 5.13. The molecular formula is C18H22FN3O2. The van der Waals surface area contributed by atoms with Gasteiger partial charge in [-0.15, -0.1) is 0 Å². The highest BCUT2D eigenvalue weighted by molar-refractivity contribution is 5.94. The number of urea groups is 1. The molecule has 1 aromatic rings. The Morgan fingerprint density at radius 3 is 2.33 bits per heavy atom. The van der Waals surface area contributed by atoms with E-state index in [-0.39, 0.29) is 18.1 Å². The highest BCUT2D eigenvalue weighted by Crippen LogP contribution is 2.32. The maximum absolute atomic E-state index is 13.5. The lowest BCUT2D eigenvalue weighted by Gasteiger charge is -2.17. The number of nitrogens with zero attached hydrogens (tertiary/aromatic N) is 1. The molecule has 24 heavy (non-hydrogen) atoms. The summed E-state index contributed by atoms with van der Waals surface area (Å²) in [4.78, 5) is 25.9. The maximum Gasteiger partial charge on any atom is 0.317 e. The minimum Gasteiger partial charge on any atom is -0.350 e. The topological polar surface area (TPSA) is 61.4 Å². The summed E-state index contributed by atoms with van der Waals surface area (Å²) in [6.45, 7) is 2.18. The quantitative estimate of drug-likeness (QED) is 0.656. The van der Waals surface area contributed by atoms with Gasteiger partial charge < -0.3 is 15.5 Å². The molecule has 1 fully saturated rings. The fraction of sp³-hybridized carbons (Fsp3) is 0.444. The summed E-state index contributed by atoms with van der Waals surface area (Å²) in [5.74, 6) is 0.121. The average molecular weight is 331 g/mol. The first-order valence-corrected chi connectivity index (χ1v) is 8.35. The average Bonchev–Trinajstić information content (AvgIpc) is 3.03. The van der Waals surface area contributed by atoms with Crippen molar-refractivity contribution in [2.45, 2.75) is 12.8 Å². The third-order valence-corrected chi connectivity index (χ3v) is 4.71. The van der Waals surface area contributed by atoms with Gasteiger partial charge in [-0.1, -0.05) is 24.3 Å². The third kappa shape index (κ3) is 3.75. The molecule has 0 bridgehead atoms. The Morgan fingerprint density at radius 1 is 1.04 bits per heavy atom. The summed E-state index contributed by atoms with van der Waals surface area (Å²) in [6.07, 6.45) is 6.49. The summed E-state index contributed by atoms with van der Waals surface area (Å²) >= 11 is 0. The van der Waals surface area contributed by atoms with Crippen LogP contribution in [0.1, 0.15) is 23.2 Å². The molecule has 6 heteroatoms. The molecule has 2 atom stereocenters. The molecule has 1 heterocycles. The van der Waals surface area contributed by atoms with E-state index in [9.17, 15) is 14.0 Å². The predicted octanol–water partition coefficient (Wildman–Crippen LogP) is 2.16. The number of likely N-dealkylation sites (tertiary alicyclic amines) is 1. The van der Waals surface area contributed by atoms with Crippen molar-refractivity contribution < 1.29 is 14.0 Å². The molecule has 1 aliphatic carbocycles. The van der Waals surface area contributed by atoms with Crippen molar-refractivity contribution in [3.05, 3.63) is 47.8 Å². The monoisotopic (exact) mass is 331 g/mol. The minimum atomic E-state index is -0.549. The molecule has 0 aromatic heterocycles. The van der Waals surface area contributed by atoms with Crippen LogP contribution in [0.3, 0.4) is 0 Å². The largest absolute Gasteiger partial charge is 0.350 e. The van der Waals surface area contributed by atoms with E-state index in [2.05, 4.69) is 22.8 Å². The molecule has 1 aromatic carbocycles. The first-order valence-electron chi connectivity index (χ1n) is 8.35. The molecule has 0 saturated carbocycles. The molecule has 3 rings (SSSR count). The number of halogens is 1. The number of rotatable bonds is 4. The number of allylic oxidation sites excluding steroid dienone is 2. The van der Waals surface area contributed by atoms with E-state index in [0.717, 1.165) is 25.9 Å². The van der Waals surface area contributed by atoms with Crippen LogP contribution >= 0.6 is 0 Å². The second-order valence-electron chi connectivity index (χ2n) is 6.34. The van der Waals surface area contributed by atoms with Gasteiger partial charge in [0.15, 0.2) is 0 Å². The molecule has 128 valence electrons. The predicted molar refractivity (Wildman–Crippen MR) is 89.1 cm³/mol. The van der Waals surface area contributed by atoms with Crippen LogP contribution in [0.2, 0.25) is 0 Å². The van der Waals surface area contributed by atoms with Crippen LogP contribution in [0.15, 0.2) is 36.4 Å². The fourth-order valence-electron chi connectivity index (χ4n) is 3.38. The van der Waals surface area contributed by atoms with E-state index in [4.69, 9.17) is 0 Å². The normalized spacial score (nSPS) is 22.1. The van der Waals surface area contributed by atoms with Crippen molar-refractivity contribution in [2.24, 2.45) is 11.8 Å². The zero-order valence-corrected chi connectivity index (χ0v) is 13.5. The van der Waals surface area contributed by atoms with Gasteiger partial charge in [0.1, 0.15) is 5.82 Å². The van der Waals surface area contributed by atoms with Crippen LogP contribution in [0.25, 0.3) is 0 Å². The smallest absolute Gasteiger partial charge is 0.317 e. The summed E-state index contributed by atoms with van der Waals surface area (Å²) in [5.41, 5.74) is 0.0138. The van der Waals surface area contributed by atoms with E-state index < -0.39 is 11.7 Å². The van der Waals surface area contributed by atoms with E-state index in [1.54, 1.807) is 6.07 Å². The van der Waals surface area contributed by atoms with Gasteiger partial charge in [0.2, 0.25) is 0 Å². The van der Waals surface area contributed by atoms with Gasteiger partial charge in [0.05, 0.1) is 5.56 Å². The van der Waals surface area contributed by atoms with E-state index >= 15 is 0 Å². The molecule has 2 aliphatic rings. The minimum absolute atomic E-state index is 0.0138. The molecule has 3 amide bonds. The van der Waals surface area contributed by atoms with Crippen molar-refractivity contribution >= 4 is 11.9 Å². The Balaban J connectivity index is 1.38. The molecule has 1 saturated heterocycles. The zero-order valence-electron chi connectivity index (χ0n) is 13.5. The first-order chi connectivity index (χ1) is 11.6. The highest BCUT2D eigenvalue weighted by Gasteiger charge is 2.34. The Bertz CT molecular complexity index is 631. The summed E-state index contributed by atoms with van der Waals surface area (Å²) in [7, 11) is 0. The van der Waals surface area contributed by atoms with Gasteiger partial charge in [-0.3, -0.25) is 4.79 Å². The van der Waals surface area contributed by atoms with E-state index in [0.29, 0.717) is 18.4 Å². The Labute approximate surface area is 140 Å². The van der Waals surface area contributed by atoms with Crippen LogP contribution in [0.5, 0.6) is 0 Å². The first kappa shape index (κ1) is 16.5. The SMILES string of the molecule is O=C(NCCNC(=O)N1C[C@H]2CC=CC[C@@H]2C1)c1ccccc1F. The molecule has 0 unspecified atom stereocenters. The maximum atomic E-state index is 13.5. The lowest BCUT2D eigenvalue weighted by Crippen LogP contribution is -2.42. The summed E-state index contributed by atoms with van der Waals surface area (Å²) in [6, 6.07) is 5.74. The van der Waals surface area contributed by atoms with E-state index in [1.165, 1.54) is 18.2 Å². The standard InChI is InChI=1S/C18H22FN3O2/c19-16-8-4-3-7-15(16)17(23)20-9-10-21-18(24)22-11-13-5-1-2-6-14(13)12-22/h1-4,7-8,13-14H,5-6,9-12H2,(H,20,23)(H,21,24)/t13-,14-/m1/s1. The number of amides is 3. The number of hydrogen-bond donors (Lipinski definition) is 2. The molecule has 5 nitrogen and oxygen atoms in total. The van der Waals surface area contributed by atoms with Gasteiger partial charge in [-0.25, -0.2) is 9.18 Å². The highest BCUT2D eigenvalue weighted by atomic mass is 19.1. The van der Waals surface area contributed by atoms with Crippen LogP contribution in [0.4, 0.5) is 9.18 Å². The van der Waals surface area contributed by atoms with Gasteiger partial charge in [-0.2, -0.15) is 0 Å². The van der Waals surface area contributed by atoms with Crippen molar-refractivity contribution in [1.82, 2.24) is 15.5 Å². The molecule has 1 aliphatic heterocycles. The number of fused-ring (bicyclic) bond motifs is 1. The van der Waals surface area contributed by atoms with Crippen LogP contribution in [0, 0.1) is 17.7 Å². The molecule has 0 radical (unpaired) electrons. The second kappa shape index (κ2) is 7.47. The molecule has 0 spiro atoms. The Hall–Kier alpha value is -2.37.